The van der Waals surface area contributed by atoms with Crippen molar-refractivity contribution in [1.82, 2.24) is 20.2 Å². The van der Waals surface area contributed by atoms with E-state index in [0.717, 1.165) is 16.7 Å². The lowest BCUT2D eigenvalue weighted by Gasteiger charge is -2.55. The van der Waals surface area contributed by atoms with Crippen LogP contribution in [-0.4, -0.2) is 59.8 Å². The van der Waals surface area contributed by atoms with E-state index in [1.807, 2.05) is 54.6 Å². The molecule has 2 aromatic carbocycles. The standard InChI is InChI=1S/C24H25N5O.C6H12N2/c25-21(16-7-9-19(10-8-16)30-18-5-2-1-3-6-18)20-22(26)27-15-28-23(20)29-17-13-24(14-17)11-4-12-24;1-8-4-6(5-8)2-7-3-6/h1-3,5-10,15,17,25H,4,11-14H2,(H3,26,27,28,29);7H,2-5H2,1H3. The summed E-state index contributed by atoms with van der Waals surface area (Å²) in [6.45, 7) is 5.16. The van der Waals surface area contributed by atoms with Crippen molar-refractivity contribution in [2.45, 2.75) is 38.1 Å². The van der Waals surface area contributed by atoms with Crippen LogP contribution >= 0.6 is 0 Å². The number of aromatic nitrogens is 2. The molecule has 0 bridgehead atoms. The Morgan fingerprint density at radius 3 is 2.24 bits per heavy atom. The van der Waals surface area contributed by atoms with Crippen LogP contribution in [0.4, 0.5) is 11.6 Å². The van der Waals surface area contributed by atoms with Gasteiger partial charge in [0.05, 0.1) is 11.3 Å². The lowest BCUT2D eigenvalue weighted by Crippen LogP contribution is -2.69. The van der Waals surface area contributed by atoms with Crippen LogP contribution in [-0.2, 0) is 0 Å². The van der Waals surface area contributed by atoms with Gasteiger partial charge in [0.15, 0.2) is 0 Å². The highest BCUT2D eigenvalue weighted by Gasteiger charge is 2.48. The van der Waals surface area contributed by atoms with E-state index >= 15 is 0 Å². The molecule has 8 nitrogen and oxygen atoms in total. The first-order valence-electron chi connectivity index (χ1n) is 13.6. The molecule has 38 heavy (non-hydrogen) atoms. The molecular weight excluding hydrogens is 474 g/mol. The number of hydrogen-bond acceptors (Lipinski definition) is 8. The Hall–Kier alpha value is -3.49. The molecule has 4 aliphatic rings. The SMILES string of the molecule is CN1CC2(CNC2)C1.N=C(c1ccc(Oc2ccccc2)cc1)c1c(N)ncnc1NC1CC2(CCC2)C1. The third-order valence-corrected chi connectivity index (χ3v) is 8.57. The van der Waals surface area contributed by atoms with Gasteiger partial charge in [0.2, 0.25) is 0 Å². The molecule has 0 atom stereocenters. The number of nitrogens with two attached hydrogens (primary N) is 1. The van der Waals surface area contributed by atoms with Crippen molar-refractivity contribution in [3.63, 3.8) is 0 Å². The second-order valence-corrected chi connectivity index (χ2v) is 11.7. The van der Waals surface area contributed by atoms with Crippen molar-refractivity contribution in [2.24, 2.45) is 10.8 Å². The zero-order valence-electron chi connectivity index (χ0n) is 22.0. The van der Waals surface area contributed by atoms with Gasteiger partial charge >= 0.3 is 0 Å². The summed E-state index contributed by atoms with van der Waals surface area (Å²) >= 11 is 0. The van der Waals surface area contributed by atoms with Gasteiger partial charge in [-0.15, -0.1) is 0 Å². The predicted octanol–water partition coefficient (Wildman–Crippen LogP) is 4.53. The van der Waals surface area contributed by atoms with Crippen LogP contribution in [0.2, 0.25) is 0 Å². The van der Waals surface area contributed by atoms with Crippen LogP contribution in [0.25, 0.3) is 0 Å². The Labute approximate surface area is 224 Å². The topological polar surface area (TPSA) is 112 Å². The first kappa shape index (κ1) is 24.8. The summed E-state index contributed by atoms with van der Waals surface area (Å²) in [6.07, 6.45) is 7.86. The maximum absolute atomic E-state index is 8.75. The lowest BCUT2D eigenvalue weighted by molar-refractivity contribution is -0.0218. The Bertz CT molecular complexity index is 1270. The first-order chi connectivity index (χ1) is 18.4. The Morgan fingerprint density at radius 2 is 1.68 bits per heavy atom. The van der Waals surface area contributed by atoms with Gasteiger partial charge in [0.1, 0.15) is 29.5 Å². The molecule has 198 valence electrons. The summed E-state index contributed by atoms with van der Waals surface area (Å²) in [7, 11) is 2.18. The Morgan fingerprint density at radius 1 is 1.00 bits per heavy atom. The monoisotopic (exact) mass is 511 g/mol. The van der Waals surface area contributed by atoms with Crippen molar-refractivity contribution in [2.75, 3.05) is 44.3 Å². The minimum absolute atomic E-state index is 0.305. The zero-order valence-corrected chi connectivity index (χ0v) is 22.0. The zero-order chi connectivity index (χ0) is 26.2. The molecule has 2 spiro atoms. The summed E-state index contributed by atoms with van der Waals surface area (Å²) in [5.74, 6) is 2.46. The number of benzene rings is 2. The fourth-order valence-corrected chi connectivity index (χ4v) is 6.38. The molecular formula is C30H37N7O. The van der Waals surface area contributed by atoms with E-state index in [1.54, 1.807) is 0 Å². The van der Waals surface area contributed by atoms with Crippen molar-refractivity contribution < 1.29 is 4.74 Å². The van der Waals surface area contributed by atoms with Crippen LogP contribution in [0.3, 0.4) is 0 Å². The first-order valence-corrected chi connectivity index (χ1v) is 13.6. The number of likely N-dealkylation sites (tertiary alicyclic amines) is 1. The molecule has 8 heteroatoms. The minimum Gasteiger partial charge on any atom is -0.457 e. The molecule has 4 fully saturated rings. The fraction of sp³-hybridized carbons (Fsp3) is 0.433. The molecule has 1 aromatic heterocycles. The van der Waals surface area contributed by atoms with Gasteiger partial charge in [-0.05, 0) is 74.5 Å². The van der Waals surface area contributed by atoms with E-state index < -0.39 is 0 Å². The fourth-order valence-electron chi connectivity index (χ4n) is 6.38. The van der Waals surface area contributed by atoms with Crippen molar-refractivity contribution >= 4 is 17.3 Å². The summed E-state index contributed by atoms with van der Waals surface area (Å²) in [4.78, 5) is 10.9. The normalized spacial score (nSPS) is 20.7. The van der Waals surface area contributed by atoms with E-state index in [0.29, 0.717) is 40.1 Å². The largest absolute Gasteiger partial charge is 0.457 e. The Balaban J connectivity index is 0.000000279. The number of nitrogens with zero attached hydrogens (tertiary/aromatic N) is 3. The summed E-state index contributed by atoms with van der Waals surface area (Å²) in [5.41, 5.74) is 9.06. The molecule has 2 saturated carbocycles. The summed E-state index contributed by atoms with van der Waals surface area (Å²) in [5, 5.41) is 15.6. The molecule has 5 N–H and O–H groups in total. The molecule has 3 heterocycles. The number of nitrogens with one attached hydrogen (secondary N) is 3. The number of anilines is 2. The smallest absolute Gasteiger partial charge is 0.141 e. The van der Waals surface area contributed by atoms with Crippen LogP contribution in [0.5, 0.6) is 11.5 Å². The molecule has 2 aliphatic heterocycles. The van der Waals surface area contributed by atoms with Crippen molar-refractivity contribution in [3.05, 3.63) is 72.1 Å². The van der Waals surface area contributed by atoms with Gasteiger partial charge in [0, 0.05) is 43.2 Å². The molecule has 0 amide bonds. The maximum atomic E-state index is 8.75. The number of ether oxygens (including phenoxy) is 1. The minimum atomic E-state index is 0.305. The van der Waals surface area contributed by atoms with Gasteiger partial charge in [-0.25, -0.2) is 9.97 Å². The van der Waals surface area contributed by atoms with E-state index in [-0.39, 0.29) is 0 Å². The van der Waals surface area contributed by atoms with Gasteiger partial charge < -0.3 is 26.0 Å². The molecule has 3 aromatic rings. The second kappa shape index (κ2) is 10.0. The van der Waals surface area contributed by atoms with E-state index in [4.69, 9.17) is 15.9 Å². The highest BCUT2D eigenvalue weighted by molar-refractivity contribution is 6.16. The van der Waals surface area contributed by atoms with Crippen LogP contribution in [0.15, 0.2) is 60.9 Å². The van der Waals surface area contributed by atoms with Gasteiger partial charge in [-0.1, -0.05) is 24.6 Å². The molecule has 7 rings (SSSR count). The average Bonchev–Trinajstić information content (AvgIpc) is 2.83. The van der Waals surface area contributed by atoms with Gasteiger partial charge in [0.25, 0.3) is 0 Å². The third-order valence-electron chi connectivity index (χ3n) is 8.57. The van der Waals surface area contributed by atoms with E-state index in [9.17, 15) is 0 Å². The van der Waals surface area contributed by atoms with Crippen molar-refractivity contribution in [1.29, 1.82) is 5.41 Å². The predicted molar refractivity (Wildman–Crippen MR) is 151 cm³/mol. The molecule has 2 saturated heterocycles. The lowest BCUT2D eigenvalue weighted by atomic mass is 9.54. The van der Waals surface area contributed by atoms with Gasteiger partial charge in [-0.2, -0.15) is 0 Å². The summed E-state index contributed by atoms with van der Waals surface area (Å²) in [6, 6.07) is 17.5. The quantitative estimate of drug-likeness (QED) is 0.360. The molecule has 0 unspecified atom stereocenters. The van der Waals surface area contributed by atoms with Crippen LogP contribution in [0.1, 0.15) is 43.2 Å². The average molecular weight is 512 g/mol. The number of rotatable bonds is 6. The Kier molecular flexibility index (Phi) is 6.53. The van der Waals surface area contributed by atoms with Crippen LogP contribution in [0, 0.1) is 16.2 Å². The summed E-state index contributed by atoms with van der Waals surface area (Å²) < 4.78 is 5.84. The third kappa shape index (κ3) is 4.98. The number of para-hydroxylation sites is 1. The molecule has 2 aliphatic carbocycles. The van der Waals surface area contributed by atoms with Gasteiger partial charge in [-0.3, -0.25) is 5.41 Å². The maximum Gasteiger partial charge on any atom is 0.141 e. The van der Waals surface area contributed by atoms with Crippen LogP contribution < -0.4 is 21.1 Å². The van der Waals surface area contributed by atoms with E-state index in [1.165, 1.54) is 64.6 Å². The highest BCUT2D eigenvalue weighted by atomic mass is 16.5. The number of nitrogen functional groups attached to an aromatic ring is 1. The number of hydrogen-bond donors (Lipinski definition) is 4. The van der Waals surface area contributed by atoms with E-state index in [2.05, 4.69) is 32.5 Å². The highest BCUT2D eigenvalue weighted by Crippen LogP contribution is 2.56. The molecule has 0 radical (unpaired) electrons. The second-order valence-electron chi connectivity index (χ2n) is 11.7. The van der Waals surface area contributed by atoms with Crippen molar-refractivity contribution in [3.8, 4) is 11.5 Å².